The number of benzene rings is 2. The standard InChI is InChI=1S/C19H14BrNO3S/c20-14-6-7-16-13(10-14)11-15(19(23)24-16)17(22)21-8-9-25-18(21)12-4-2-1-3-5-12/h1-7,10-11,18H,8-9H2/t18-/m0/s1. The predicted molar refractivity (Wildman–Crippen MR) is 103 cm³/mol. The van der Waals surface area contributed by atoms with Crippen LogP contribution in [0.5, 0.6) is 0 Å². The number of thioether (sulfide) groups is 1. The van der Waals surface area contributed by atoms with Gasteiger partial charge in [-0.3, -0.25) is 4.79 Å². The van der Waals surface area contributed by atoms with E-state index in [-0.39, 0.29) is 16.8 Å². The number of rotatable bonds is 2. The summed E-state index contributed by atoms with van der Waals surface area (Å²) in [6, 6.07) is 16.8. The highest BCUT2D eigenvalue weighted by atomic mass is 79.9. The fourth-order valence-corrected chi connectivity index (χ4v) is 4.60. The van der Waals surface area contributed by atoms with E-state index >= 15 is 0 Å². The second kappa shape index (κ2) is 6.69. The molecule has 0 unspecified atom stereocenters. The lowest BCUT2D eigenvalue weighted by molar-refractivity contribution is 0.0756. The zero-order valence-corrected chi connectivity index (χ0v) is 15.5. The largest absolute Gasteiger partial charge is 0.422 e. The molecule has 2 heterocycles. The molecule has 126 valence electrons. The van der Waals surface area contributed by atoms with Gasteiger partial charge in [-0.05, 0) is 29.8 Å². The number of amides is 1. The van der Waals surface area contributed by atoms with Crippen molar-refractivity contribution in [3.8, 4) is 0 Å². The molecule has 0 bridgehead atoms. The van der Waals surface area contributed by atoms with Crippen molar-refractivity contribution in [2.45, 2.75) is 5.37 Å². The normalized spacial score (nSPS) is 17.2. The Bertz CT molecular complexity index is 1000. The summed E-state index contributed by atoms with van der Waals surface area (Å²) in [7, 11) is 0. The minimum absolute atomic E-state index is 0.0775. The molecule has 0 N–H and O–H groups in total. The molecule has 1 atom stereocenters. The van der Waals surface area contributed by atoms with E-state index in [9.17, 15) is 9.59 Å². The first-order valence-electron chi connectivity index (χ1n) is 7.84. The van der Waals surface area contributed by atoms with Crippen LogP contribution in [-0.4, -0.2) is 23.1 Å². The minimum atomic E-state index is -0.594. The topological polar surface area (TPSA) is 50.5 Å². The maximum absolute atomic E-state index is 13.0. The van der Waals surface area contributed by atoms with Crippen molar-refractivity contribution in [2.24, 2.45) is 0 Å². The zero-order chi connectivity index (χ0) is 17.4. The van der Waals surface area contributed by atoms with Crippen LogP contribution in [0, 0.1) is 0 Å². The third kappa shape index (κ3) is 3.12. The molecule has 6 heteroatoms. The highest BCUT2D eigenvalue weighted by Gasteiger charge is 2.32. The van der Waals surface area contributed by atoms with E-state index in [2.05, 4.69) is 15.9 Å². The Labute approximate surface area is 157 Å². The van der Waals surface area contributed by atoms with Crippen LogP contribution >= 0.6 is 27.7 Å². The molecule has 0 radical (unpaired) electrons. The van der Waals surface area contributed by atoms with E-state index in [1.807, 2.05) is 36.4 Å². The van der Waals surface area contributed by atoms with Gasteiger partial charge in [-0.1, -0.05) is 46.3 Å². The molecule has 1 aromatic heterocycles. The number of halogens is 1. The molecule has 0 saturated carbocycles. The van der Waals surface area contributed by atoms with E-state index in [1.165, 1.54) is 0 Å². The smallest absolute Gasteiger partial charge is 0.349 e. The van der Waals surface area contributed by atoms with E-state index in [1.54, 1.807) is 34.9 Å². The lowest BCUT2D eigenvalue weighted by Gasteiger charge is -2.23. The summed E-state index contributed by atoms with van der Waals surface area (Å²) in [5, 5.41) is 0.645. The maximum Gasteiger partial charge on any atom is 0.349 e. The molecule has 2 aromatic carbocycles. The van der Waals surface area contributed by atoms with Crippen molar-refractivity contribution in [1.82, 2.24) is 4.90 Å². The summed E-state index contributed by atoms with van der Waals surface area (Å²) in [5.74, 6) is 0.560. The van der Waals surface area contributed by atoms with Gasteiger partial charge in [0, 0.05) is 22.2 Å². The van der Waals surface area contributed by atoms with E-state index in [0.29, 0.717) is 12.1 Å². The lowest BCUT2D eigenvalue weighted by Crippen LogP contribution is -2.33. The van der Waals surface area contributed by atoms with Crippen molar-refractivity contribution in [2.75, 3.05) is 12.3 Å². The number of hydrogen-bond donors (Lipinski definition) is 0. The fraction of sp³-hybridized carbons (Fsp3) is 0.158. The Balaban J connectivity index is 1.74. The van der Waals surface area contributed by atoms with Crippen molar-refractivity contribution < 1.29 is 9.21 Å². The van der Waals surface area contributed by atoms with Gasteiger partial charge in [-0.25, -0.2) is 4.79 Å². The Kier molecular flexibility index (Phi) is 4.39. The van der Waals surface area contributed by atoms with Crippen LogP contribution in [-0.2, 0) is 0 Å². The minimum Gasteiger partial charge on any atom is -0.422 e. The number of carbonyl (C=O) groups excluding carboxylic acids is 1. The van der Waals surface area contributed by atoms with Crippen LogP contribution < -0.4 is 5.63 Å². The van der Waals surface area contributed by atoms with Crippen LogP contribution in [0.3, 0.4) is 0 Å². The van der Waals surface area contributed by atoms with Crippen molar-refractivity contribution in [1.29, 1.82) is 0 Å². The summed E-state index contributed by atoms with van der Waals surface area (Å²) in [6.45, 7) is 0.610. The zero-order valence-electron chi connectivity index (χ0n) is 13.1. The third-order valence-electron chi connectivity index (χ3n) is 4.16. The van der Waals surface area contributed by atoms with Crippen LogP contribution in [0.25, 0.3) is 11.0 Å². The molecule has 1 fully saturated rings. The lowest BCUT2D eigenvalue weighted by atomic mass is 10.1. The number of fused-ring (bicyclic) bond motifs is 1. The van der Waals surface area contributed by atoms with E-state index in [0.717, 1.165) is 21.2 Å². The van der Waals surface area contributed by atoms with Crippen LogP contribution in [0.4, 0.5) is 0 Å². The predicted octanol–water partition coefficient (Wildman–Crippen LogP) is 4.44. The quantitative estimate of drug-likeness (QED) is 0.580. The van der Waals surface area contributed by atoms with E-state index in [4.69, 9.17) is 4.42 Å². The van der Waals surface area contributed by atoms with Crippen LogP contribution in [0.1, 0.15) is 21.3 Å². The summed E-state index contributed by atoms with van der Waals surface area (Å²) >= 11 is 5.10. The average Bonchev–Trinajstić information content (AvgIpc) is 3.11. The molecule has 1 amide bonds. The average molecular weight is 416 g/mol. The summed E-state index contributed by atoms with van der Waals surface area (Å²) < 4.78 is 6.21. The summed E-state index contributed by atoms with van der Waals surface area (Å²) in [4.78, 5) is 27.1. The third-order valence-corrected chi connectivity index (χ3v) is 5.92. The van der Waals surface area contributed by atoms with Gasteiger partial charge in [0.05, 0.1) is 0 Å². The highest BCUT2D eigenvalue weighted by Crippen LogP contribution is 2.38. The van der Waals surface area contributed by atoms with Crippen LogP contribution in [0.15, 0.2) is 68.3 Å². The van der Waals surface area contributed by atoms with Crippen molar-refractivity contribution in [3.63, 3.8) is 0 Å². The summed E-state index contributed by atoms with van der Waals surface area (Å²) in [5.41, 5.74) is 1.02. The van der Waals surface area contributed by atoms with Gasteiger partial charge in [-0.15, -0.1) is 11.8 Å². The molecule has 4 rings (SSSR count). The van der Waals surface area contributed by atoms with Gasteiger partial charge in [0.2, 0.25) is 0 Å². The monoisotopic (exact) mass is 415 g/mol. The molecule has 1 aliphatic heterocycles. The van der Waals surface area contributed by atoms with Crippen molar-refractivity contribution >= 4 is 44.6 Å². The molecule has 4 nitrogen and oxygen atoms in total. The molecule has 0 spiro atoms. The van der Waals surface area contributed by atoms with Crippen molar-refractivity contribution in [3.05, 3.63) is 80.6 Å². The number of hydrogen-bond acceptors (Lipinski definition) is 4. The molecule has 1 aliphatic rings. The molecule has 3 aromatic rings. The molecule has 0 aliphatic carbocycles. The Morgan fingerprint density at radius 2 is 1.96 bits per heavy atom. The first-order valence-corrected chi connectivity index (χ1v) is 9.68. The van der Waals surface area contributed by atoms with Crippen LogP contribution in [0.2, 0.25) is 0 Å². The maximum atomic E-state index is 13.0. The van der Waals surface area contributed by atoms with Gasteiger partial charge in [-0.2, -0.15) is 0 Å². The first-order chi connectivity index (χ1) is 12.1. The molecule has 25 heavy (non-hydrogen) atoms. The first kappa shape index (κ1) is 16.4. The Morgan fingerprint density at radius 1 is 1.16 bits per heavy atom. The second-order valence-electron chi connectivity index (χ2n) is 5.76. The fourth-order valence-electron chi connectivity index (χ4n) is 2.97. The Hall–Kier alpha value is -2.05. The Morgan fingerprint density at radius 3 is 2.76 bits per heavy atom. The molecular formula is C19H14BrNO3S. The van der Waals surface area contributed by atoms with Gasteiger partial charge < -0.3 is 9.32 Å². The van der Waals surface area contributed by atoms with E-state index < -0.39 is 5.63 Å². The van der Waals surface area contributed by atoms with Gasteiger partial charge in [0.1, 0.15) is 16.5 Å². The second-order valence-corrected chi connectivity index (χ2v) is 7.87. The highest BCUT2D eigenvalue weighted by molar-refractivity contribution is 9.10. The van der Waals surface area contributed by atoms with Gasteiger partial charge in [0.25, 0.3) is 5.91 Å². The van der Waals surface area contributed by atoms with Gasteiger partial charge >= 0.3 is 5.63 Å². The van der Waals surface area contributed by atoms with Gasteiger partial charge in [0.15, 0.2) is 0 Å². The summed E-state index contributed by atoms with van der Waals surface area (Å²) in [6.07, 6.45) is 0. The number of nitrogens with zero attached hydrogens (tertiary/aromatic N) is 1. The number of carbonyl (C=O) groups is 1. The molecular weight excluding hydrogens is 402 g/mol. The molecule has 1 saturated heterocycles. The SMILES string of the molecule is O=C(c1cc2cc(Br)ccc2oc1=O)N1CCS[C@H]1c1ccccc1.